The van der Waals surface area contributed by atoms with Gasteiger partial charge in [0.1, 0.15) is 5.75 Å². The molecular formula is C24H34O2. The summed E-state index contributed by atoms with van der Waals surface area (Å²) in [5.41, 5.74) is 3.07. The van der Waals surface area contributed by atoms with Crippen molar-refractivity contribution in [1.29, 1.82) is 0 Å². The molecule has 0 aliphatic carbocycles. The molecule has 0 saturated carbocycles. The van der Waals surface area contributed by atoms with Gasteiger partial charge >= 0.3 is 0 Å². The molecule has 2 aromatic carbocycles. The molecule has 2 aromatic rings. The first-order valence-electron chi connectivity index (χ1n) is 9.49. The van der Waals surface area contributed by atoms with Crippen molar-refractivity contribution in [1.82, 2.24) is 0 Å². The van der Waals surface area contributed by atoms with Crippen molar-refractivity contribution in [2.24, 2.45) is 10.8 Å². The van der Waals surface area contributed by atoms with E-state index in [4.69, 9.17) is 9.47 Å². The van der Waals surface area contributed by atoms with Gasteiger partial charge < -0.3 is 9.47 Å². The summed E-state index contributed by atoms with van der Waals surface area (Å²) in [7, 11) is 0. The van der Waals surface area contributed by atoms with Gasteiger partial charge in [-0.05, 0) is 46.4 Å². The lowest BCUT2D eigenvalue weighted by Crippen LogP contribution is -2.23. The molecule has 1 unspecified atom stereocenters. The molecule has 0 aliphatic rings. The summed E-state index contributed by atoms with van der Waals surface area (Å²) in [6.45, 7) is 14.7. The fourth-order valence-electron chi connectivity index (χ4n) is 3.18. The molecule has 2 rings (SSSR count). The second kappa shape index (κ2) is 8.73. The van der Waals surface area contributed by atoms with E-state index in [1.54, 1.807) is 0 Å². The predicted octanol–water partition coefficient (Wildman–Crippen LogP) is 6.81. The Kier molecular flexibility index (Phi) is 6.88. The molecule has 26 heavy (non-hydrogen) atoms. The van der Waals surface area contributed by atoms with Crippen LogP contribution in [-0.2, 0) is 11.3 Å². The lowest BCUT2D eigenvalue weighted by atomic mass is 9.69. The van der Waals surface area contributed by atoms with E-state index in [-0.39, 0.29) is 12.2 Å². The maximum atomic E-state index is 5.73. The molecule has 0 aromatic heterocycles. The second-order valence-electron chi connectivity index (χ2n) is 9.35. The third-order valence-electron chi connectivity index (χ3n) is 4.56. The van der Waals surface area contributed by atoms with Crippen molar-refractivity contribution in [3.05, 3.63) is 65.7 Å². The Balaban J connectivity index is 1.91. The summed E-state index contributed by atoms with van der Waals surface area (Å²) in [6.07, 6.45) is 1.16. The molecule has 142 valence electrons. The highest BCUT2D eigenvalue weighted by Crippen LogP contribution is 2.43. The van der Waals surface area contributed by atoms with Gasteiger partial charge in [-0.2, -0.15) is 0 Å². The molecule has 0 amide bonds. The molecule has 1 atom stereocenters. The summed E-state index contributed by atoms with van der Waals surface area (Å²) in [4.78, 5) is 0. The quantitative estimate of drug-likeness (QED) is 0.402. The third-order valence-corrected chi connectivity index (χ3v) is 4.56. The van der Waals surface area contributed by atoms with E-state index in [1.807, 2.05) is 18.2 Å². The highest BCUT2D eigenvalue weighted by atomic mass is 16.7. The fraction of sp³-hybridized carbons (Fsp3) is 0.500. The Hall–Kier alpha value is -1.80. The van der Waals surface area contributed by atoms with Crippen molar-refractivity contribution in [3.8, 4) is 5.75 Å². The summed E-state index contributed by atoms with van der Waals surface area (Å²) in [5, 5.41) is 0. The lowest BCUT2D eigenvalue weighted by Gasteiger charge is -2.36. The van der Waals surface area contributed by atoms with Crippen LogP contribution in [0.5, 0.6) is 5.75 Å². The minimum absolute atomic E-state index is 0.231. The van der Waals surface area contributed by atoms with E-state index in [9.17, 15) is 0 Å². The monoisotopic (exact) mass is 354 g/mol. The Morgan fingerprint density at radius 1 is 0.808 bits per heavy atom. The van der Waals surface area contributed by atoms with E-state index in [2.05, 4.69) is 77.9 Å². The van der Waals surface area contributed by atoms with Gasteiger partial charge in [-0.1, -0.05) is 84.0 Å². The van der Waals surface area contributed by atoms with Gasteiger partial charge in [-0.15, -0.1) is 0 Å². The van der Waals surface area contributed by atoms with Crippen LogP contribution in [0.25, 0.3) is 0 Å². The van der Waals surface area contributed by atoms with Gasteiger partial charge in [-0.3, -0.25) is 0 Å². The topological polar surface area (TPSA) is 18.5 Å². The van der Waals surface area contributed by atoms with Gasteiger partial charge in [0.25, 0.3) is 0 Å². The smallest absolute Gasteiger partial charge is 0.189 e. The van der Waals surface area contributed by atoms with Crippen LogP contribution < -0.4 is 4.74 Å². The maximum absolute atomic E-state index is 5.73. The van der Waals surface area contributed by atoms with E-state index in [1.165, 1.54) is 5.56 Å². The van der Waals surface area contributed by atoms with Crippen LogP contribution >= 0.6 is 0 Å². The average Bonchev–Trinajstić information content (AvgIpc) is 2.57. The number of benzene rings is 2. The summed E-state index contributed by atoms with van der Waals surface area (Å²) >= 11 is 0. The van der Waals surface area contributed by atoms with Crippen LogP contribution in [-0.4, -0.2) is 6.79 Å². The first kappa shape index (κ1) is 20.5. The molecule has 0 spiro atoms. The van der Waals surface area contributed by atoms with Gasteiger partial charge in [0, 0.05) is 0 Å². The predicted molar refractivity (Wildman–Crippen MR) is 109 cm³/mol. The third kappa shape index (κ3) is 6.84. The van der Waals surface area contributed by atoms with E-state index < -0.39 is 0 Å². The Labute approximate surface area is 159 Å². The number of rotatable bonds is 7. The highest BCUT2D eigenvalue weighted by molar-refractivity contribution is 5.30. The molecule has 0 heterocycles. The zero-order valence-corrected chi connectivity index (χ0v) is 17.2. The SMILES string of the molecule is CC(C)(C)CC(c1ccc(OCOCc2ccccc2)cc1)C(C)(C)C. The number of ether oxygens (including phenoxy) is 2. The van der Waals surface area contributed by atoms with E-state index >= 15 is 0 Å². The van der Waals surface area contributed by atoms with E-state index in [0.29, 0.717) is 17.9 Å². The van der Waals surface area contributed by atoms with Crippen LogP contribution in [0.4, 0.5) is 0 Å². The van der Waals surface area contributed by atoms with Crippen molar-refractivity contribution in [2.45, 2.75) is 60.5 Å². The largest absolute Gasteiger partial charge is 0.468 e. The van der Waals surface area contributed by atoms with E-state index in [0.717, 1.165) is 17.7 Å². The van der Waals surface area contributed by atoms with Gasteiger partial charge in [0.2, 0.25) is 0 Å². The van der Waals surface area contributed by atoms with Crippen LogP contribution in [0.15, 0.2) is 54.6 Å². The molecule has 0 N–H and O–H groups in total. The minimum Gasteiger partial charge on any atom is -0.468 e. The molecule has 0 radical (unpaired) electrons. The van der Waals surface area contributed by atoms with Crippen LogP contribution in [0.2, 0.25) is 0 Å². The summed E-state index contributed by atoms with van der Waals surface area (Å²) in [6, 6.07) is 18.7. The molecule has 0 bridgehead atoms. The van der Waals surface area contributed by atoms with Crippen molar-refractivity contribution >= 4 is 0 Å². The Morgan fingerprint density at radius 2 is 1.42 bits per heavy atom. The van der Waals surface area contributed by atoms with Gasteiger partial charge in [-0.25, -0.2) is 0 Å². The summed E-state index contributed by atoms with van der Waals surface area (Å²) in [5.74, 6) is 1.37. The molecule has 0 saturated heterocycles. The zero-order chi connectivity index (χ0) is 19.2. The first-order valence-corrected chi connectivity index (χ1v) is 9.49. The lowest BCUT2D eigenvalue weighted by molar-refractivity contribution is 0.00502. The van der Waals surface area contributed by atoms with Crippen LogP contribution in [0, 0.1) is 10.8 Å². The van der Waals surface area contributed by atoms with Gasteiger partial charge in [0.05, 0.1) is 6.61 Å². The van der Waals surface area contributed by atoms with Gasteiger partial charge in [0.15, 0.2) is 6.79 Å². The zero-order valence-electron chi connectivity index (χ0n) is 17.2. The average molecular weight is 355 g/mol. The second-order valence-corrected chi connectivity index (χ2v) is 9.35. The summed E-state index contributed by atoms with van der Waals surface area (Å²) < 4.78 is 11.3. The fourth-order valence-corrected chi connectivity index (χ4v) is 3.18. The van der Waals surface area contributed by atoms with Crippen molar-refractivity contribution in [3.63, 3.8) is 0 Å². The van der Waals surface area contributed by atoms with Crippen LogP contribution in [0.1, 0.15) is 65.0 Å². The molecule has 0 fully saturated rings. The molecule has 2 nitrogen and oxygen atoms in total. The standard InChI is InChI=1S/C24H34O2/c1-23(2,3)16-22(24(4,5)6)20-12-14-21(15-13-20)26-18-25-17-19-10-8-7-9-11-19/h7-15,22H,16-18H2,1-6H3. The van der Waals surface area contributed by atoms with Crippen LogP contribution in [0.3, 0.4) is 0 Å². The number of hydrogen-bond donors (Lipinski definition) is 0. The molecule has 0 aliphatic heterocycles. The normalized spacial score (nSPS) is 13.5. The number of hydrogen-bond acceptors (Lipinski definition) is 2. The first-order chi connectivity index (χ1) is 12.1. The van der Waals surface area contributed by atoms with Crippen molar-refractivity contribution in [2.75, 3.05) is 6.79 Å². The van der Waals surface area contributed by atoms with Crippen molar-refractivity contribution < 1.29 is 9.47 Å². The maximum Gasteiger partial charge on any atom is 0.189 e. The minimum atomic E-state index is 0.231. The Morgan fingerprint density at radius 3 is 1.96 bits per heavy atom. The molecule has 2 heteroatoms. The molecular weight excluding hydrogens is 320 g/mol. The Bertz CT molecular complexity index is 645. The highest BCUT2D eigenvalue weighted by Gasteiger charge is 2.30.